The highest BCUT2D eigenvalue weighted by Crippen LogP contribution is 1.96. The molecule has 0 saturated heterocycles. The van der Waals surface area contributed by atoms with E-state index in [1.807, 2.05) is 0 Å². The highest BCUT2D eigenvalue weighted by molar-refractivity contribution is 5.72. The molecule has 10 heavy (non-hydrogen) atoms. The van der Waals surface area contributed by atoms with E-state index in [2.05, 4.69) is 12.2 Å². The Bertz CT molecular complexity index is 91.3. The lowest BCUT2D eigenvalue weighted by molar-refractivity contribution is -0.118. The number of nitrogens with one attached hydrogen (secondary N) is 1. The van der Waals surface area contributed by atoms with Gasteiger partial charge in [-0.1, -0.05) is 26.2 Å². The first-order valence-electron chi connectivity index (χ1n) is 4.01. The topological polar surface area (TPSA) is 29.1 Å². The third-order valence-electron chi connectivity index (χ3n) is 1.40. The van der Waals surface area contributed by atoms with Gasteiger partial charge in [-0.25, -0.2) is 0 Å². The van der Waals surface area contributed by atoms with Crippen LogP contribution in [0.5, 0.6) is 0 Å². The fraction of sp³-hybridized carbons (Fsp3) is 0.875. The quantitative estimate of drug-likeness (QED) is 0.583. The zero-order chi connectivity index (χ0) is 7.82. The highest BCUT2D eigenvalue weighted by atomic mass is 16.1. The zero-order valence-corrected chi connectivity index (χ0v) is 6.94. The second-order valence-electron chi connectivity index (χ2n) is 2.54. The summed E-state index contributed by atoms with van der Waals surface area (Å²) in [5, 5.41) is 2.77. The van der Waals surface area contributed by atoms with E-state index in [-0.39, 0.29) is 5.91 Å². The Morgan fingerprint density at radius 2 is 2.00 bits per heavy atom. The molecule has 0 saturated carbocycles. The van der Waals surface area contributed by atoms with Crippen LogP contribution >= 0.6 is 0 Å². The van der Waals surface area contributed by atoms with Crippen LogP contribution in [-0.2, 0) is 4.79 Å². The molecular weight excluding hydrogens is 126 g/mol. The van der Waals surface area contributed by atoms with Gasteiger partial charge in [0.05, 0.1) is 0 Å². The molecule has 0 heterocycles. The van der Waals surface area contributed by atoms with Crippen molar-refractivity contribution in [3.8, 4) is 0 Å². The second-order valence-corrected chi connectivity index (χ2v) is 2.54. The van der Waals surface area contributed by atoms with Crippen LogP contribution in [0.15, 0.2) is 0 Å². The number of hydrogen-bond donors (Lipinski definition) is 1. The lowest BCUT2D eigenvalue weighted by Gasteiger charge is -1.99. The molecule has 0 spiro atoms. The maximum absolute atomic E-state index is 10.4. The largest absolute Gasteiger partial charge is 0.356 e. The van der Waals surface area contributed by atoms with Gasteiger partial charge in [-0.05, 0) is 6.42 Å². The molecular formula is C8H17NO. The van der Waals surface area contributed by atoms with Crippen molar-refractivity contribution < 1.29 is 4.79 Å². The number of unbranched alkanes of at least 4 members (excludes halogenated alkanes) is 3. The normalized spacial score (nSPS) is 9.40. The monoisotopic (exact) mass is 143 g/mol. The molecule has 1 N–H and O–H groups in total. The van der Waals surface area contributed by atoms with Gasteiger partial charge in [0, 0.05) is 13.5 Å². The van der Waals surface area contributed by atoms with Gasteiger partial charge in [-0.3, -0.25) is 4.79 Å². The molecule has 60 valence electrons. The van der Waals surface area contributed by atoms with E-state index in [1.165, 1.54) is 19.3 Å². The lowest BCUT2D eigenvalue weighted by Crippen LogP contribution is -2.20. The average molecular weight is 143 g/mol. The van der Waals surface area contributed by atoms with Gasteiger partial charge >= 0.3 is 0 Å². The molecule has 0 aromatic rings. The minimum absolute atomic E-state index is 0.0801. The van der Waals surface area contributed by atoms with Crippen LogP contribution in [0, 0.1) is 0 Å². The van der Waals surface area contributed by atoms with E-state index >= 15 is 0 Å². The minimum atomic E-state index is 0.0801. The van der Waals surface area contributed by atoms with Gasteiger partial charge in [-0.15, -0.1) is 0 Å². The van der Waals surface area contributed by atoms with E-state index in [0.717, 1.165) is 13.0 Å². The number of carbonyl (C=O) groups excluding carboxylic acids is 1. The van der Waals surface area contributed by atoms with Crippen molar-refractivity contribution in [2.45, 2.75) is 39.5 Å². The van der Waals surface area contributed by atoms with Crippen LogP contribution < -0.4 is 5.32 Å². The maximum Gasteiger partial charge on any atom is 0.216 e. The number of hydrogen-bond acceptors (Lipinski definition) is 1. The molecule has 0 radical (unpaired) electrons. The molecule has 0 fully saturated rings. The summed E-state index contributed by atoms with van der Waals surface area (Å²) in [5.41, 5.74) is 0. The summed E-state index contributed by atoms with van der Waals surface area (Å²) < 4.78 is 0. The molecule has 0 aromatic carbocycles. The predicted octanol–water partition coefficient (Wildman–Crippen LogP) is 1.70. The molecule has 1 amide bonds. The van der Waals surface area contributed by atoms with Crippen molar-refractivity contribution in [1.82, 2.24) is 5.32 Å². The molecule has 0 aliphatic heterocycles. The first-order valence-corrected chi connectivity index (χ1v) is 4.01. The Hall–Kier alpha value is -0.530. The van der Waals surface area contributed by atoms with E-state index in [9.17, 15) is 4.79 Å². The first-order chi connectivity index (χ1) is 4.77. The van der Waals surface area contributed by atoms with Crippen LogP contribution in [0.2, 0.25) is 0 Å². The molecule has 2 nitrogen and oxygen atoms in total. The van der Waals surface area contributed by atoms with Crippen molar-refractivity contribution in [2.24, 2.45) is 0 Å². The zero-order valence-electron chi connectivity index (χ0n) is 6.94. The summed E-state index contributed by atoms with van der Waals surface area (Å²) in [4.78, 5) is 10.4. The van der Waals surface area contributed by atoms with Crippen LogP contribution in [0.3, 0.4) is 0 Å². The standard InChI is InChI=1S/C8H17NO/c1-3-4-5-6-7-9-8(2)10/h3-7H2,1-2H3,(H,9,10). The Balaban J connectivity index is 2.84. The third-order valence-corrected chi connectivity index (χ3v) is 1.40. The summed E-state index contributed by atoms with van der Waals surface area (Å²) in [6.07, 6.45) is 4.88. The van der Waals surface area contributed by atoms with E-state index in [1.54, 1.807) is 6.92 Å². The van der Waals surface area contributed by atoms with Crippen LogP contribution in [0.4, 0.5) is 0 Å². The molecule has 0 aromatic heterocycles. The van der Waals surface area contributed by atoms with Gasteiger partial charge in [-0.2, -0.15) is 0 Å². The van der Waals surface area contributed by atoms with Gasteiger partial charge < -0.3 is 5.32 Å². The summed E-state index contributed by atoms with van der Waals surface area (Å²) in [6.45, 7) is 4.58. The van der Waals surface area contributed by atoms with Gasteiger partial charge in [0.25, 0.3) is 0 Å². The number of rotatable bonds is 5. The Labute approximate surface area is 63.0 Å². The smallest absolute Gasteiger partial charge is 0.216 e. The molecule has 0 bridgehead atoms. The molecule has 0 rings (SSSR count). The van der Waals surface area contributed by atoms with Crippen molar-refractivity contribution in [1.29, 1.82) is 0 Å². The van der Waals surface area contributed by atoms with Crippen molar-refractivity contribution in [2.75, 3.05) is 6.54 Å². The average Bonchev–Trinajstić information content (AvgIpc) is 1.87. The van der Waals surface area contributed by atoms with E-state index in [4.69, 9.17) is 0 Å². The van der Waals surface area contributed by atoms with Crippen LogP contribution in [0.1, 0.15) is 39.5 Å². The second kappa shape index (κ2) is 6.59. The van der Waals surface area contributed by atoms with Gasteiger partial charge in [0.1, 0.15) is 0 Å². The summed E-state index contributed by atoms with van der Waals surface area (Å²) >= 11 is 0. The molecule has 0 atom stereocenters. The summed E-state index contributed by atoms with van der Waals surface area (Å²) in [7, 11) is 0. The minimum Gasteiger partial charge on any atom is -0.356 e. The molecule has 0 aliphatic carbocycles. The fourth-order valence-electron chi connectivity index (χ4n) is 0.816. The maximum atomic E-state index is 10.4. The van der Waals surface area contributed by atoms with Crippen LogP contribution in [-0.4, -0.2) is 12.5 Å². The van der Waals surface area contributed by atoms with Gasteiger partial charge in [0.2, 0.25) is 5.91 Å². The number of amides is 1. The number of carbonyl (C=O) groups is 1. The first kappa shape index (κ1) is 9.47. The molecule has 0 aliphatic rings. The molecule has 2 heteroatoms. The Morgan fingerprint density at radius 1 is 1.30 bits per heavy atom. The molecule has 0 unspecified atom stereocenters. The predicted molar refractivity (Wildman–Crippen MR) is 42.8 cm³/mol. The van der Waals surface area contributed by atoms with E-state index in [0.29, 0.717) is 0 Å². The third kappa shape index (κ3) is 7.47. The fourth-order valence-corrected chi connectivity index (χ4v) is 0.816. The van der Waals surface area contributed by atoms with Crippen LogP contribution in [0.25, 0.3) is 0 Å². The Morgan fingerprint density at radius 3 is 2.50 bits per heavy atom. The summed E-state index contributed by atoms with van der Waals surface area (Å²) in [5.74, 6) is 0.0801. The highest BCUT2D eigenvalue weighted by Gasteiger charge is 1.89. The van der Waals surface area contributed by atoms with Crippen molar-refractivity contribution in [3.63, 3.8) is 0 Å². The van der Waals surface area contributed by atoms with E-state index < -0.39 is 0 Å². The SMILES string of the molecule is CCCCCCNC(C)=O. The van der Waals surface area contributed by atoms with Crippen molar-refractivity contribution >= 4 is 5.91 Å². The Kier molecular flexibility index (Phi) is 6.24. The van der Waals surface area contributed by atoms with Crippen molar-refractivity contribution in [3.05, 3.63) is 0 Å². The lowest BCUT2D eigenvalue weighted by atomic mass is 10.2. The van der Waals surface area contributed by atoms with Gasteiger partial charge in [0.15, 0.2) is 0 Å². The summed E-state index contributed by atoms with van der Waals surface area (Å²) in [6, 6.07) is 0.